The lowest BCUT2D eigenvalue weighted by atomic mass is 10.1. The van der Waals surface area contributed by atoms with Gasteiger partial charge in [-0.25, -0.2) is 9.50 Å². The maximum atomic E-state index is 11.9. The predicted octanol–water partition coefficient (Wildman–Crippen LogP) is 1.54. The zero-order valence-corrected chi connectivity index (χ0v) is 21.4. The van der Waals surface area contributed by atoms with Gasteiger partial charge in [0.2, 0.25) is 5.28 Å². The van der Waals surface area contributed by atoms with Crippen LogP contribution in [-0.2, 0) is 24.9 Å². The van der Waals surface area contributed by atoms with Crippen molar-refractivity contribution in [1.29, 1.82) is 0 Å². The highest BCUT2D eigenvalue weighted by molar-refractivity contribution is 7.70. The van der Waals surface area contributed by atoms with E-state index >= 15 is 0 Å². The van der Waals surface area contributed by atoms with E-state index in [2.05, 4.69) is 20.4 Å². The number of benzene rings is 1. The fourth-order valence-corrected chi connectivity index (χ4v) is 6.53. The molecular formula is C18H21Cl2N5O9P2. The zero-order chi connectivity index (χ0) is 26.3. The number of anilines is 1. The van der Waals surface area contributed by atoms with Gasteiger partial charge in [0.05, 0.1) is 18.5 Å². The van der Waals surface area contributed by atoms with E-state index in [0.717, 1.165) is 5.56 Å². The summed E-state index contributed by atoms with van der Waals surface area (Å²) in [5, 5.41) is 28.5. The average Bonchev–Trinajstić information content (AvgIpc) is 3.31. The molecule has 6 N–H and O–H groups in total. The third-order valence-electron chi connectivity index (χ3n) is 5.22. The maximum Gasteiger partial charge on any atom is 0.340 e. The van der Waals surface area contributed by atoms with Gasteiger partial charge < -0.3 is 39.5 Å². The molecule has 0 radical (unpaired) electrons. The molecule has 2 unspecified atom stereocenters. The first kappa shape index (κ1) is 27.4. The Morgan fingerprint density at radius 1 is 1.14 bits per heavy atom. The monoisotopic (exact) mass is 583 g/mol. The molecule has 0 spiro atoms. The topological polar surface area (TPSA) is 209 Å². The van der Waals surface area contributed by atoms with Crippen LogP contribution in [0.4, 0.5) is 5.82 Å². The number of hydrogen-bond acceptors (Lipinski definition) is 10. The van der Waals surface area contributed by atoms with Crippen LogP contribution < -0.4 is 5.32 Å². The van der Waals surface area contributed by atoms with Crippen LogP contribution in [0.3, 0.4) is 0 Å². The molecule has 196 valence electrons. The second kappa shape index (κ2) is 10.6. The number of rotatable bonds is 9. The summed E-state index contributed by atoms with van der Waals surface area (Å²) >= 11 is 12.3. The Hall–Kier alpha value is -1.67. The summed E-state index contributed by atoms with van der Waals surface area (Å²) in [5.41, 5.74) is 1.21. The third kappa shape index (κ3) is 6.24. The number of imidazole rings is 1. The Bertz CT molecular complexity index is 1360. The lowest BCUT2D eigenvalue weighted by Gasteiger charge is -2.18. The molecule has 0 amide bonds. The summed E-state index contributed by atoms with van der Waals surface area (Å²) < 4.78 is 34.5. The number of ether oxygens (including phenoxy) is 1. The van der Waals surface area contributed by atoms with Crippen molar-refractivity contribution in [1.82, 2.24) is 19.6 Å². The van der Waals surface area contributed by atoms with Crippen molar-refractivity contribution in [3.8, 4) is 0 Å². The molecule has 14 nitrogen and oxygen atoms in total. The Kier molecular flexibility index (Phi) is 8.06. The molecule has 1 aromatic carbocycles. The fourth-order valence-electron chi connectivity index (χ4n) is 3.60. The first-order chi connectivity index (χ1) is 16.8. The van der Waals surface area contributed by atoms with E-state index in [4.69, 9.17) is 42.2 Å². The van der Waals surface area contributed by atoms with Gasteiger partial charge in [-0.1, -0.05) is 29.8 Å². The minimum absolute atomic E-state index is 0.157. The molecular weight excluding hydrogens is 563 g/mol. The molecule has 3 heterocycles. The minimum atomic E-state index is -4.84. The Morgan fingerprint density at radius 3 is 2.56 bits per heavy atom. The molecule has 0 bridgehead atoms. The van der Waals surface area contributed by atoms with E-state index < -0.39 is 52.1 Å². The second-order valence-corrected chi connectivity index (χ2v) is 12.6. The number of hydrogen-bond donors (Lipinski definition) is 6. The first-order valence-corrected chi connectivity index (χ1v) is 14.6. The van der Waals surface area contributed by atoms with E-state index in [1.54, 1.807) is 12.1 Å². The van der Waals surface area contributed by atoms with E-state index in [9.17, 15) is 24.2 Å². The maximum absolute atomic E-state index is 11.9. The Morgan fingerprint density at radius 2 is 1.86 bits per heavy atom. The minimum Gasteiger partial charge on any atom is -0.387 e. The molecule has 2 aromatic heterocycles. The summed E-state index contributed by atoms with van der Waals surface area (Å²) in [6.07, 6.45) is -4.26. The van der Waals surface area contributed by atoms with Crippen molar-refractivity contribution in [3.05, 3.63) is 52.0 Å². The number of nitrogens with one attached hydrogen (secondary N) is 1. The molecule has 0 saturated carbocycles. The van der Waals surface area contributed by atoms with Crippen molar-refractivity contribution < 1.29 is 43.3 Å². The van der Waals surface area contributed by atoms with Gasteiger partial charge in [0.25, 0.3) is 0 Å². The van der Waals surface area contributed by atoms with Gasteiger partial charge in [-0.3, -0.25) is 9.13 Å². The Balaban J connectivity index is 1.53. The van der Waals surface area contributed by atoms with E-state index in [-0.39, 0.29) is 22.4 Å². The number of aromatic nitrogens is 4. The van der Waals surface area contributed by atoms with Crippen molar-refractivity contribution in [2.75, 3.05) is 17.8 Å². The molecule has 1 fully saturated rings. The molecule has 5 atom stereocenters. The summed E-state index contributed by atoms with van der Waals surface area (Å²) in [6, 6.07) is 7.18. The lowest BCUT2D eigenvalue weighted by molar-refractivity contribution is -0.0204. The van der Waals surface area contributed by atoms with E-state index in [0.29, 0.717) is 11.6 Å². The molecule has 1 aliphatic heterocycles. The molecule has 1 aliphatic rings. The summed E-state index contributed by atoms with van der Waals surface area (Å²) in [7, 11) is -9.53. The lowest BCUT2D eigenvalue weighted by Crippen LogP contribution is -2.33. The number of aliphatic hydroxyl groups excluding tert-OH is 2. The normalized spacial score (nSPS) is 24.2. The second-order valence-electron chi connectivity index (χ2n) is 7.91. The predicted molar refractivity (Wildman–Crippen MR) is 127 cm³/mol. The molecule has 4 rings (SSSR count). The van der Waals surface area contributed by atoms with Crippen molar-refractivity contribution in [2.24, 2.45) is 0 Å². The van der Waals surface area contributed by atoms with Crippen LogP contribution in [0.15, 0.2) is 30.5 Å². The summed E-state index contributed by atoms with van der Waals surface area (Å²) in [5.74, 6) is -1.14. The highest BCUT2D eigenvalue weighted by Gasteiger charge is 2.46. The van der Waals surface area contributed by atoms with Gasteiger partial charge in [0, 0.05) is 11.6 Å². The molecule has 36 heavy (non-hydrogen) atoms. The van der Waals surface area contributed by atoms with Crippen LogP contribution in [-0.4, -0.2) is 75.3 Å². The quantitative estimate of drug-likeness (QED) is 0.198. The van der Waals surface area contributed by atoms with Crippen LogP contribution >= 0.6 is 38.4 Å². The van der Waals surface area contributed by atoms with Crippen LogP contribution in [0, 0.1) is 0 Å². The standard InChI is InChI=1S/C18H21Cl2N5O9P2/c19-10-4-2-1-3-9(10)5-21-16-17-22-6-11(25(17)24-18(20)23-16)15-14(27)13(26)12(34-15)7-33-36(31,32)8-35(28,29)30/h1-4,6,12-15,26-27H,5,7-8H2,(H,31,32)(H,21,23,24)(H2,28,29,30)/t12-,13-,14-,15?/m1/s1. The highest BCUT2D eigenvalue weighted by Crippen LogP contribution is 2.55. The van der Waals surface area contributed by atoms with Crippen LogP contribution in [0.25, 0.3) is 5.65 Å². The fraction of sp³-hybridized carbons (Fsp3) is 0.389. The van der Waals surface area contributed by atoms with Gasteiger partial charge in [-0.2, -0.15) is 4.98 Å². The van der Waals surface area contributed by atoms with Crippen LogP contribution in [0.5, 0.6) is 0 Å². The number of fused-ring (bicyclic) bond motifs is 1. The number of aliphatic hydroxyl groups is 2. The highest BCUT2D eigenvalue weighted by atomic mass is 35.5. The zero-order valence-electron chi connectivity index (χ0n) is 18.1. The smallest absolute Gasteiger partial charge is 0.340 e. The largest absolute Gasteiger partial charge is 0.387 e. The Labute approximate surface area is 213 Å². The van der Waals surface area contributed by atoms with E-state index in [1.807, 2.05) is 12.1 Å². The van der Waals surface area contributed by atoms with Crippen molar-refractivity contribution in [2.45, 2.75) is 31.0 Å². The van der Waals surface area contributed by atoms with Crippen molar-refractivity contribution >= 4 is 49.9 Å². The van der Waals surface area contributed by atoms with Crippen LogP contribution in [0.1, 0.15) is 17.4 Å². The molecule has 18 heteroatoms. The number of nitrogens with zero attached hydrogens (tertiary/aromatic N) is 4. The third-order valence-corrected chi connectivity index (χ3v) is 9.21. The summed E-state index contributed by atoms with van der Waals surface area (Å²) in [6.45, 7) is -0.430. The molecule has 3 aromatic rings. The van der Waals surface area contributed by atoms with Crippen molar-refractivity contribution in [3.63, 3.8) is 0 Å². The van der Waals surface area contributed by atoms with Gasteiger partial charge in [0.1, 0.15) is 24.4 Å². The van der Waals surface area contributed by atoms with Gasteiger partial charge >= 0.3 is 15.2 Å². The average molecular weight is 584 g/mol. The SMILES string of the molecule is O=P(O)(O)CP(=O)(O)OC[C@H]1OC(c2cnc3c(NCc4ccccc4Cl)nc(Cl)nn23)[C@H](O)[C@@H]1O. The van der Waals surface area contributed by atoms with E-state index in [1.165, 1.54) is 10.7 Å². The molecule has 1 saturated heterocycles. The first-order valence-electron chi connectivity index (χ1n) is 10.3. The molecule has 0 aliphatic carbocycles. The van der Waals surface area contributed by atoms with Gasteiger partial charge in [0.15, 0.2) is 17.4 Å². The van der Waals surface area contributed by atoms with Gasteiger partial charge in [-0.15, -0.1) is 5.10 Å². The van der Waals surface area contributed by atoms with Gasteiger partial charge in [-0.05, 0) is 23.2 Å². The number of halogens is 2. The summed E-state index contributed by atoms with van der Waals surface area (Å²) in [4.78, 5) is 35.8. The van der Waals surface area contributed by atoms with Crippen LogP contribution in [0.2, 0.25) is 10.3 Å².